The van der Waals surface area contributed by atoms with Crippen molar-refractivity contribution in [1.29, 1.82) is 0 Å². The third-order valence-corrected chi connectivity index (χ3v) is 9.19. The van der Waals surface area contributed by atoms with Crippen LogP contribution in [0.25, 0.3) is 0 Å². The summed E-state index contributed by atoms with van der Waals surface area (Å²) in [5.74, 6) is -0.473. The molecule has 0 aromatic carbocycles. The van der Waals surface area contributed by atoms with Gasteiger partial charge in [0.2, 0.25) is 0 Å². The first-order chi connectivity index (χ1) is 16.1. The van der Waals surface area contributed by atoms with Crippen LogP contribution in [-0.2, 0) is 23.7 Å². The van der Waals surface area contributed by atoms with E-state index in [4.69, 9.17) is 31.6 Å². The number of thiol groups is 1. The Bertz CT molecular complexity index is 710. The standard InChI is InChI=1S/C24H40O9S/c1-10-12(3)30-23(31-14-7-8-15-13(9-14)5-4-6-16(15)34)11(2)20(10)32-24-19(27)17(25)18(26)21(33-24)22(28)29/h10-21,23-27,34H,4-9H2,1-3H3,(H,28,29). The molecule has 196 valence electrons. The van der Waals surface area contributed by atoms with Crippen LogP contribution in [-0.4, -0.2) is 87.0 Å². The summed E-state index contributed by atoms with van der Waals surface area (Å²) in [5.41, 5.74) is 0. The van der Waals surface area contributed by atoms with E-state index in [1.165, 1.54) is 19.3 Å². The van der Waals surface area contributed by atoms with Gasteiger partial charge >= 0.3 is 5.97 Å². The molecule has 14 unspecified atom stereocenters. The Kier molecular flexibility index (Phi) is 8.51. The molecule has 4 N–H and O–H groups in total. The van der Waals surface area contributed by atoms with E-state index in [0.717, 1.165) is 19.3 Å². The SMILES string of the molecule is CC1OC(OC2CCC3C(S)CCCC3C2)C(C)C(OC2OC(C(=O)O)C(O)C(O)C2O)C1C. The van der Waals surface area contributed by atoms with Crippen LogP contribution < -0.4 is 0 Å². The number of carboxylic acids is 1. The monoisotopic (exact) mass is 504 g/mol. The van der Waals surface area contributed by atoms with Gasteiger partial charge in [0.15, 0.2) is 18.7 Å². The molecule has 2 saturated carbocycles. The van der Waals surface area contributed by atoms with E-state index >= 15 is 0 Å². The molecule has 0 amide bonds. The van der Waals surface area contributed by atoms with E-state index in [2.05, 4.69) is 0 Å². The fraction of sp³-hybridized carbons (Fsp3) is 0.958. The van der Waals surface area contributed by atoms with Crippen molar-refractivity contribution in [2.45, 2.75) is 120 Å². The van der Waals surface area contributed by atoms with Gasteiger partial charge < -0.3 is 39.4 Å². The first-order valence-corrected chi connectivity index (χ1v) is 13.2. The molecule has 0 bridgehead atoms. The molecule has 34 heavy (non-hydrogen) atoms. The smallest absolute Gasteiger partial charge is 0.335 e. The van der Waals surface area contributed by atoms with Gasteiger partial charge in [0.1, 0.15) is 18.3 Å². The van der Waals surface area contributed by atoms with E-state index in [9.17, 15) is 25.2 Å². The van der Waals surface area contributed by atoms with Crippen molar-refractivity contribution in [3.63, 3.8) is 0 Å². The summed E-state index contributed by atoms with van der Waals surface area (Å²) in [6.45, 7) is 5.84. The van der Waals surface area contributed by atoms with Crippen molar-refractivity contribution in [2.24, 2.45) is 23.7 Å². The van der Waals surface area contributed by atoms with Crippen LogP contribution in [0, 0.1) is 23.7 Å². The zero-order chi connectivity index (χ0) is 24.7. The zero-order valence-corrected chi connectivity index (χ0v) is 21.0. The lowest BCUT2D eigenvalue weighted by atomic mass is 9.69. The minimum absolute atomic E-state index is 0.0958. The molecule has 2 heterocycles. The Hall–Kier alpha value is -0.460. The Labute approximate surface area is 206 Å². The Morgan fingerprint density at radius 3 is 2.32 bits per heavy atom. The van der Waals surface area contributed by atoms with Crippen LogP contribution >= 0.6 is 12.6 Å². The Morgan fingerprint density at radius 2 is 1.62 bits per heavy atom. The van der Waals surface area contributed by atoms with Gasteiger partial charge in [-0.25, -0.2) is 4.79 Å². The normalized spacial score (nSPS) is 52.1. The second kappa shape index (κ2) is 10.9. The molecule has 4 rings (SSSR count). The molecular formula is C24H40O9S. The van der Waals surface area contributed by atoms with Crippen molar-refractivity contribution in [3.8, 4) is 0 Å². The lowest BCUT2D eigenvalue weighted by Gasteiger charge is -2.48. The highest BCUT2D eigenvalue weighted by Gasteiger charge is 2.51. The van der Waals surface area contributed by atoms with Crippen molar-refractivity contribution in [2.75, 3.05) is 0 Å². The third kappa shape index (κ3) is 5.29. The van der Waals surface area contributed by atoms with Crippen LogP contribution in [0.5, 0.6) is 0 Å². The summed E-state index contributed by atoms with van der Waals surface area (Å²) >= 11 is 4.81. The lowest BCUT2D eigenvalue weighted by Crippen LogP contribution is -2.62. The third-order valence-electron chi connectivity index (χ3n) is 8.55. The summed E-state index contributed by atoms with van der Waals surface area (Å²) in [6, 6.07) is 0. The highest BCUT2D eigenvalue weighted by atomic mass is 32.1. The van der Waals surface area contributed by atoms with Crippen molar-refractivity contribution in [1.82, 2.24) is 0 Å². The van der Waals surface area contributed by atoms with Gasteiger partial charge in [-0.2, -0.15) is 12.6 Å². The van der Waals surface area contributed by atoms with Crippen LogP contribution in [0.4, 0.5) is 0 Å². The molecule has 0 spiro atoms. The molecule has 4 fully saturated rings. The maximum Gasteiger partial charge on any atom is 0.335 e. The van der Waals surface area contributed by atoms with Crippen LogP contribution in [0.2, 0.25) is 0 Å². The summed E-state index contributed by atoms with van der Waals surface area (Å²) in [5, 5.41) is 40.3. The number of carboxylic acid groups (broad SMARTS) is 1. The van der Waals surface area contributed by atoms with Gasteiger partial charge in [-0.1, -0.05) is 26.7 Å². The van der Waals surface area contributed by atoms with Gasteiger partial charge in [0, 0.05) is 17.1 Å². The number of hydrogen-bond acceptors (Lipinski definition) is 9. The van der Waals surface area contributed by atoms with Gasteiger partial charge in [-0.05, 0) is 44.4 Å². The first kappa shape index (κ1) is 26.6. The quantitative estimate of drug-likeness (QED) is 0.279. The fourth-order valence-electron chi connectivity index (χ4n) is 6.28. The minimum atomic E-state index is -1.75. The molecule has 14 atom stereocenters. The molecule has 2 saturated heterocycles. The minimum Gasteiger partial charge on any atom is -0.479 e. The average Bonchev–Trinajstić information content (AvgIpc) is 2.80. The number of aliphatic hydroxyl groups is 3. The molecule has 0 radical (unpaired) electrons. The highest BCUT2D eigenvalue weighted by Crippen LogP contribution is 2.44. The Morgan fingerprint density at radius 1 is 0.882 bits per heavy atom. The van der Waals surface area contributed by atoms with Crippen LogP contribution in [0.3, 0.4) is 0 Å². The van der Waals surface area contributed by atoms with E-state index in [-0.39, 0.29) is 24.0 Å². The predicted molar refractivity (Wildman–Crippen MR) is 124 cm³/mol. The molecule has 10 heteroatoms. The highest BCUT2D eigenvalue weighted by molar-refractivity contribution is 7.81. The van der Waals surface area contributed by atoms with E-state index in [1.54, 1.807) is 0 Å². The zero-order valence-electron chi connectivity index (χ0n) is 20.1. The topological polar surface area (TPSA) is 135 Å². The fourth-order valence-corrected chi connectivity index (χ4v) is 6.86. The number of aliphatic carboxylic acids is 1. The number of carbonyl (C=O) groups is 1. The maximum absolute atomic E-state index is 11.5. The van der Waals surface area contributed by atoms with Crippen molar-refractivity contribution < 1.29 is 44.2 Å². The first-order valence-electron chi connectivity index (χ1n) is 12.6. The van der Waals surface area contributed by atoms with Gasteiger partial charge in [-0.15, -0.1) is 0 Å². The molecule has 2 aliphatic carbocycles. The Balaban J connectivity index is 1.41. The number of hydrogen-bond donors (Lipinski definition) is 5. The van der Waals surface area contributed by atoms with Crippen LogP contribution in [0.15, 0.2) is 0 Å². The van der Waals surface area contributed by atoms with E-state index in [0.29, 0.717) is 17.1 Å². The lowest BCUT2D eigenvalue weighted by molar-refractivity contribution is -0.341. The molecule has 0 aromatic heterocycles. The van der Waals surface area contributed by atoms with Gasteiger partial charge in [-0.3, -0.25) is 0 Å². The molecule has 2 aliphatic heterocycles. The summed E-state index contributed by atoms with van der Waals surface area (Å²) in [6.07, 6.45) is -2.53. The maximum atomic E-state index is 11.5. The van der Waals surface area contributed by atoms with Crippen molar-refractivity contribution in [3.05, 3.63) is 0 Å². The number of fused-ring (bicyclic) bond motifs is 1. The summed E-state index contributed by atoms with van der Waals surface area (Å²) in [4.78, 5) is 11.5. The second-order valence-corrected chi connectivity index (χ2v) is 11.4. The van der Waals surface area contributed by atoms with Gasteiger partial charge in [0.25, 0.3) is 0 Å². The van der Waals surface area contributed by atoms with E-state index in [1.807, 2.05) is 20.8 Å². The summed E-state index contributed by atoms with van der Waals surface area (Å²) < 4.78 is 24.1. The number of ether oxygens (including phenoxy) is 4. The van der Waals surface area contributed by atoms with E-state index < -0.39 is 49.1 Å². The molecule has 4 aliphatic rings. The van der Waals surface area contributed by atoms with Gasteiger partial charge in [0.05, 0.1) is 18.3 Å². The second-order valence-electron chi connectivity index (χ2n) is 10.8. The number of aliphatic hydroxyl groups excluding tert-OH is 3. The average molecular weight is 505 g/mol. The van der Waals surface area contributed by atoms with Crippen LogP contribution in [0.1, 0.15) is 59.3 Å². The largest absolute Gasteiger partial charge is 0.479 e. The molecule has 0 aromatic rings. The molecule has 9 nitrogen and oxygen atoms in total. The van der Waals surface area contributed by atoms with Crippen molar-refractivity contribution >= 4 is 18.6 Å². The summed E-state index contributed by atoms with van der Waals surface area (Å²) in [7, 11) is 0. The molecular weight excluding hydrogens is 464 g/mol. The number of rotatable bonds is 5. The predicted octanol–water partition coefficient (Wildman–Crippen LogP) is 1.56.